The largest absolute Gasteiger partial charge is 0.462 e. The van der Waals surface area contributed by atoms with Gasteiger partial charge in [-0.1, -0.05) is 0 Å². The molecule has 0 spiro atoms. The summed E-state index contributed by atoms with van der Waals surface area (Å²) >= 11 is 0. The number of nitrogen functional groups attached to an aromatic ring is 1. The summed E-state index contributed by atoms with van der Waals surface area (Å²) in [4.78, 5) is 11.6. The van der Waals surface area contributed by atoms with E-state index in [1.165, 1.54) is 0 Å². The van der Waals surface area contributed by atoms with Crippen LogP contribution < -0.4 is 11.2 Å². The first-order valence-corrected chi connectivity index (χ1v) is 6.36. The molecule has 6 heteroatoms. The van der Waals surface area contributed by atoms with E-state index in [1.54, 1.807) is 25.1 Å². The second-order valence-electron chi connectivity index (χ2n) is 4.23. The molecule has 6 nitrogen and oxygen atoms in total. The molecule has 1 fully saturated rings. The van der Waals surface area contributed by atoms with Crippen LogP contribution in [0.3, 0.4) is 0 Å². The van der Waals surface area contributed by atoms with E-state index in [9.17, 15) is 4.79 Å². The van der Waals surface area contributed by atoms with Gasteiger partial charge < -0.3 is 20.6 Å². The number of hydrazine groups is 1. The molecule has 1 aromatic carbocycles. The third-order valence-electron chi connectivity index (χ3n) is 2.85. The summed E-state index contributed by atoms with van der Waals surface area (Å²) in [7, 11) is 0. The number of hydrogen-bond donors (Lipinski definition) is 2. The number of hydrogen-bond acceptors (Lipinski definition) is 6. The average molecular weight is 265 g/mol. The number of carbonyl (C=O) groups is 1. The number of anilines is 2. The summed E-state index contributed by atoms with van der Waals surface area (Å²) in [5.41, 5.74) is 10.9. The van der Waals surface area contributed by atoms with Crippen molar-refractivity contribution in [1.82, 2.24) is 5.01 Å². The Labute approximate surface area is 112 Å². The number of benzene rings is 1. The van der Waals surface area contributed by atoms with Crippen LogP contribution in [0.25, 0.3) is 0 Å². The molecule has 1 saturated heterocycles. The lowest BCUT2D eigenvalue weighted by Crippen LogP contribution is -2.40. The van der Waals surface area contributed by atoms with Crippen LogP contribution in [0.1, 0.15) is 17.3 Å². The number of rotatable bonds is 4. The first-order chi connectivity index (χ1) is 9.20. The van der Waals surface area contributed by atoms with Gasteiger partial charge in [0.25, 0.3) is 0 Å². The van der Waals surface area contributed by atoms with Gasteiger partial charge in [-0.25, -0.2) is 9.80 Å². The van der Waals surface area contributed by atoms with Crippen LogP contribution in [-0.4, -0.2) is 43.9 Å². The molecule has 0 saturated carbocycles. The van der Waals surface area contributed by atoms with E-state index in [1.807, 2.05) is 5.01 Å². The Morgan fingerprint density at radius 3 is 2.84 bits per heavy atom. The third-order valence-corrected chi connectivity index (χ3v) is 2.85. The monoisotopic (exact) mass is 265 g/mol. The first kappa shape index (κ1) is 13.6. The normalized spacial score (nSPS) is 16.1. The van der Waals surface area contributed by atoms with Gasteiger partial charge in [0, 0.05) is 13.1 Å². The summed E-state index contributed by atoms with van der Waals surface area (Å²) in [5, 5.41) is 2.04. The number of carbonyl (C=O) groups excluding carboxylic acids is 1. The predicted octanol–water partition coefficient (Wildman–Crippen LogP) is 1.10. The second-order valence-corrected chi connectivity index (χ2v) is 4.23. The fourth-order valence-electron chi connectivity index (χ4n) is 1.85. The van der Waals surface area contributed by atoms with Crippen molar-refractivity contribution in [3.63, 3.8) is 0 Å². The van der Waals surface area contributed by atoms with Crippen molar-refractivity contribution < 1.29 is 14.3 Å². The van der Waals surface area contributed by atoms with Crippen LogP contribution in [0, 0.1) is 0 Å². The van der Waals surface area contributed by atoms with Crippen molar-refractivity contribution in [3.05, 3.63) is 23.8 Å². The molecule has 0 amide bonds. The molecule has 0 atom stereocenters. The van der Waals surface area contributed by atoms with Crippen molar-refractivity contribution in [3.8, 4) is 0 Å². The Balaban J connectivity index is 2.04. The zero-order valence-corrected chi connectivity index (χ0v) is 11.0. The van der Waals surface area contributed by atoms with Gasteiger partial charge in [-0.05, 0) is 25.1 Å². The Bertz CT molecular complexity index is 445. The molecule has 19 heavy (non-hydrogen) atoms. The zero-order chi connectivity index (χ0) is 13.7. The fourth-order valence-corrected chi connectivity index (χ4v) is 1.85. The van der Waals surface area contributed by atoms with Crippen molar-refractivity contribution in [2.75, 3.05) is 44.1 Å². The average Bonchev–Trinajstić information content (AvgIpc) is 2.42. The van der Waals surface area contributed by atoms with Gasteiger partial charge in [0.2, 0.25) is 0 Å². The fraction of sp³-hybridized carbons (Fsp3) is 0.462. The van der Waals surface area contributed by atoms with Gasteiger partial charge in [-0.2, -0.15) is 0 Å². The third kappa shape index (κ3) is 3.59. The maximum atomic E-state index is 11.6. The number of nitrogens with zero attached hydrogens (tertiary/aromatic N) is 1. The quantitative estimate of drug-likeness (QED) is 0.627. The zero-order valence-electron chi connectivity index (χ0n) is 11.0. The number of morpholine rings is 1. The highest BCUT2D eigenvalue weighted by Crippen LogP contribution is 2.21. The summed E-state index contributed by atoms with van der Waals surface area (Å²) in [5.74, 6) is -0.355. The van der Waals surface area contributed by atoms with Gasteiger partial charge in [-0.3, -0.25) is 0 Å². The number of ether oxygens (including phenoxy) is 2. The van der Waals surface area contributed by atoms with E-state index in [4.69, 9.17) is 15.2 Å². The van der Waals surface area contributed by atoms with Crippen LogP contribution in [0.4, 0.5) is 11.4 Å². The Morgan fingerprint density at radius 1 is 1.47 bits per heavy atom. The number of nitrogens with two attached hydrogens (primary N) is 1. The van der Waals surface area contributed by atoms with E-state index < -0.39 is 0 Å². The van der Waals surface area contributed by atoms with Gasteiger partial charge in [-0.15, -0.1) is 0 Å². The first-order valence-electron chi connectivity index (χ1n) is 6.36. The maximum Gasteiger partial charge on any atom is 0.338 e. The minimum absolute atomic E-state index is 0.354. The lowest BCUT2D eigenvalue weighted by atomic mass is 10.2. The standard InChI is InChI=1S/C13H19N3O3/c1-2-19-13(17)10-3-4-12(11(14)9-10)15-16-5-7-18-8-6-16/h3-4,9,15H,2,5-8,14H2,1H3. The Morgan fingerprint density at radius 2 is 2.21 bits per heavy atom. The maximum absolute atomic E-state index is 11.6. The molecule has 0 bridgehead atoms. The molecule has 1 heterocycles. The molecule has 2 rings (SSSR count). The highest BCUT2D eigenvalue weighted by atomic mass is 16.5. The van der Waals surface area contributed by atoms with E-state index >= 15 is 0 Å². The molecule has 3 N–H and O–H groups in total. The van der Waals surface area contributed by atoms with E-state index in [0.29, 0.717) is 31.1 Å². The van der Waals surface area contributed by atoms with Gasteiger partial charge >= 0.3 is 5.97 Å². The Hall–Kier alpha value is -1.79. The second kappa shape index (κ2) is 6.40. The van der Waals surface area contributed by atoms with Crippen LogP contribution in [0.15, 0.2) is 18.2 Å². The smallest absolute Gasteiger partial charge is 0.338 e. The molecule has 0 aliphatic carbocycles. The SMILES string of the molecule is CCOC(=O)c1ccc(NN2CCOCC2)c(N)c1. The minimum Gasteiger partial charge on any atom is -0.462 e. The van der Waals surface area contributed by atoms with Crippen molar-refractivity contribution in [2.24, 2.45) is 0 Å². The molecule has 104 valence electrons. The number of nitrogens with one attached hydrogen (secondary N) is 1. The molecular formula is C13H19N3O3. The topological polar surface area (TPSA) is 76.8 Å². The van der Waals surface area contributed by atoms with Crippen LogP contribution in [-0.2, 0) is 9.47 Å². The van der Waals surface area contributed by atoms with Gasteiger partial charge in [0.15, 0.2) is 0 Å². The lowest BCUT2D eigenvalue weighted by molar-refractivity contribution is 0.0497. The van der Waals surface area contributed by atoms with Crippen molar-refractivity contribution in [1.29, 1.82) is 0 Å². The molecule has 1 aliphatic heterocycles. The van der Waals surface area contributed by atoms with Crippen LogP contribution >= 0.6 is 0 Å². The molecule has 0 aromatic heterocycles. The summed E-state index contributed by atoms with van der Waals surface area (Å²) in [6.45, 7) is 5.14. The lowest BCUT2D eigenvalue weighted by Gasteiger charge is -2.28. The van der Waals surface area contributed by atoms with Crippen LogP contribution in [0.5, 0.6) is 0 Å². The summed E-state index contributed by atoms with van der Waals surface area (Å²) in [6.07, 6.45) is 0. The molecular weight excluding hydrogens is 246 g/mol. The van der Waals surface area contributed by atoms with Gasteiger partial charge in [0.1, 0.15) is 0 Å². The molecule has 0 unspecified atom stereocenters. The predicted molar refractivity (Wildman–Crippen MR) is 72.8 cm³/mol. The van der Waals surface area contributed by atoms with Crippen LogP contribution in [0.2, 0.25) is 0 Å². The number of esters is 1. The molecule has 1 aliphatic rings. The van der Waals surface area contributed by atoms with E-state index in [-0.39, 0.29) is 5.97 Å². The molecule has 1 aromatic rings. The van der Waals surface area contributed by atoms with Crippen molar-refractivity contribution in [2.45, 2.75) is 6.92 Å². The summed E-state index contributed by atoms with van der Waals surface area (Å²) < 4.78 is 10.2. The van der Waals surface area contributed by atoms with E-state index in [2.05, 4.69) is 5.43 Å². The Kier molecular flexibility index (Phi) is 4.59. The highest BCUT2D eigenvalue weighted by Gasteiger charge is 2.13. The highest BCUT2D eigenvalue weighted by molar-refractivity contribution is 5.91. The minimum atomic E-state index is -0.355. The molecule has 0 radical (unpaired) electrons. The van der Waals surface area contributed by atoms with E-state index in [0.717, 1.165) is 18.8 Å². The summed E-state index contributed by atoms with van der Waals surface area (Å²) in [6, 6.07) is 5.12. The van der Waals surface area contributed by atoms with Gasteiger partial charge in [0.05, 0.1) is 36.8 Å². The van der Waals surface area contributed by atoms with Crippen molar-refractivity contribution >= 4 is 17.3 Å².